The average Bonchev–Trinajstić information content (AvgIpc) is 2.98. The van der Waals surface area contributed by atoms with Crippen LogP contribution in [0.15, 0.2) is 47.6 Å². The second-order valence-corrected chi connectivity index (χ2v) is 7.87. The molecule has 136 valence electrons. The first-order chi connectivity index (χ1) is 11.8. The molecule has 0 bridgehead atoms. The Kier molecular flexibility index (Phi) is 6.33. The number of carbonyl (C=O) groups is 1. The third-order valence-electron chi connectivity index (χ3n) is 3.74. The summed E-state index contributed by atoms with van der Waals surface area (Å²) in [5.74, 6) is -0.102. The van der Waals surface area contributed by atoms with Crippen molar-refractivity contribution >= 4 is 15.9 Å². The highest BCUT2D eigenvalue weighted by molar-refractivity contribution is 7.89. The number of aromatic nitrogens is 2. The van der Waals surface area contributed by atoms with E-state index >= 15 is 0 Å². The zero-order valence-electron chi connectivity index (χ0n) is 14.7. The Morgan fingerprint density at radius 1 is 1.28 bits per heavy atom. The molecule has 0 unspecified atom stereocenters. The molecule has 8 heteroatoms. The number of hydrogen-bond acceptors (Lipinski definition) is 4. The highest BCUT2D eigenvalue weighted by Gasteiger charge is 2.19. The minimum absolute atomic E-state index is 0.0124. The molecule has 0 saturated carbocycles. The van der Waals surface area contributed by atoms with Gasteiger partial charge in [0.05, 0.1) is 11.1 Å². The number of rotatable bonds is 8. The average molecular weight is 364 g/mol. The number of sulfonamides is 1. The van der Waals surface area contributed by atoms with E-state index in [-0.39, 0.29) is 29.8 Å². The number of aryl methyl sites for hydroxylation is 1. The van der Waals surface area contributed by atoms with Crippen molar-refractivity contribution in [1.82, 2.24) is 19.4 Å². The SMILES string of the molecule is CC(C)N(Cc1cnn(C)c1)C(=O)CCNS(=O)(=O)c1ccccc1. The van der Waals surface area contributed by atoms with E-state index in [9.17, 15) is 13.2 Å². The van der Waals surface area contributed by atoms with Gasteiger partial charge in [0, 0.05) is 44.4 Å². The first-order valence-corrected chi connectivity index (χ1v) is 9.59. The normalized spacial score (nSPS) is 11.7. The summed E-state index contributed by atoms with van der Waals surface area (Å²) in [6.07, 6.45) is 3.69. The summed E-state index contributed by atoms with van der Waals surface area (Å²) >= 11 is 0. The van der Waals surface area contributed by atoms with Gasteiger partial charge in [0.15, 0.2) is 0 Å². The fraction of sp³-hybridized carbons (Fsp3) is 0.412. The Morgan fingerprint density at radius 3 is 2.52 bits per heavy atom. The molecule has 0 aliphatic carbocycles. The molecule has 0 aliphatic rings. The van der Waals surface area contributed by atoms with Crippen molar-refractivity contribution in [1.29, 1.82) is 0 Å². The summed E-state index contributed by atoms with van der Waals surface area (Å²) in [5, 5.41) is 4.10. The predicted octanol–water partition coefficient (Wildman–Crippen LogP) is 1.53. The zero-order chi connectivity index (χ0) is 18.4. The van der Waals surface area contributed by atoms with Crippen LogP contribution in [0.2, 0.25) is 0 Å². The Balaban J connectivity index is 1.93. The third-order valence-corrected chi connectivity index (χ3v) is 5.22. The Bertz CT molecular complexity index is 800. The van der Waals surface area contributed by atoms with Crippen LogP contribution in [0.3, 0.4) is 0 Å². The lowest BCUT2D eigenvalue weighted by molar-refractivity contribution is -0.133. The van der Waals surface area contributed by atoms with Crippen LogP contribution in [0.4, 0.5) is 0 Å². The van der Waals surface area contributed by atoms with Crippen LogP contribution in [0.5, 0.6) is 0 Å². The maximum atomic E-state index is 12.5. The van der Waals surface area contributed by atoms with Crippen LogP contribution in [-0.2, 0) is 28.4 Å². The second-order valence-electron chi connectivity index (χ2n) is 6.10. The van der Waals surface area contributed by atoms with Crippen molar-refractivity contribution in [3.05, 3.63) is 48.3 Å². The topological polar surface area (TPSA) is 84.3 Å². The first-order valence-electron chi connectivity index (χ1n) is 8.11. The van der Waals surface area contributed by atoms with Crippen molar-refractivity contribution < 1.29 is 13.2 Å². The van der Waals surface area contributed by atoms with E-state index in [1.165, 1.54) is 12.1 Å². The highest BCUT2D eigenvalue weighted by atomic mass is 32.2. The van der Waals surface area contributed by atoms with E-state index in [0.29, 0.717) is 6.54 Å². The molecule has 0 aliphatic heterocycles. The minimum Gasteiger partial charge on any atom is -0.336 e. The molecular weight excluding hydrogens is 340 g/mol. The van der Waals surface area contributed by atoms with Gasteiger partial charge in [-0.15, -0.1) is 0 Å². The molecule has 0 fully saturated rings. The number of benzene rings is 1. The number of hydrogen-bond donors (Lipinski definition) is 1. The van der Waals surface area contributed by atoms with E-state index in [1.54, 1.807) is 34.0 Å². The van der Waals surface area contributed by atoms with Crippen LogP contribution < -0.4 is 4.72 Å². The third kappa shape index (κ3) is 5.40. The summed E-state index contributed by atoms with van der Waals surface area (Å²) in [6.45, 7) is 4.38. The smallest absolute Gasteiger partial charge is 0.240 e. The van der Waals surface area contributed by atoms with Gasteiger partial charge >= 0.3 is 0 Å². The van der Waals surface area contributed by atoms with Crippen LogP contribution in [0, 0.1) is 0 Å². The Hall–Kier alpha value is -2.19. The van der Waals surface area contributed by atoms with Crippen LogP contribution in [0.1, 0.15) is 25.8 Å². The zero-order valence-corrected chi connectivity index (χ0v) is 15.5. The van der Waals surface area contributed by atoms with Gasteiger partial charge in [0.25, 0.3) is 0 Å². The maximum Gasteiger partial charge on any atom is 0.240 e. The van der Waals surface area contributed by atoms with Gasteiger partial charge in [0.2, 0.25) is 15.9 Å². The highest BCUT2D eigenvalue weighted by Crippen LogP contribution is 2.10. The van der Waals surface area contributed by atoms with Gasteiger partial charge in [-0.1, -0.05) is 18.2 Å². The van der Waals surface area contributed by atoms with E-state index in [1.807, 2.05) is 27.1 Å². The van der Waals surface area contributed by atoms with Gasteiger partial charge in [-0.2, -0.15) is 5.10 Å². The molecule has 0 atom stereocenters. The lowest BCUT2D eigenvalue weighted by Gasteiger charge is -2.26. The fourth-order valence-corrected chi connectivity index (χ4v) is 3.48. The molecule has 2 rings (SSSR count). The van der Waals surface area contributed by atoms with Crippen molar-refractivity contribution in [3.63, 3.8) is 0 Å². The van der Waals surface area contributed by atoms with Crippen LogP contribution in [0.25, 0.3) is 0 Å². The molecule has 2 aromatic rings. The Morgan fingerprint density at radius 2 is 1.96 bits per heavy atom. The summed E-state index contributed by atoms with van der Waals surface area (Å²) in [7, 11) is -1.77. The second kappa shape index (κ2) is 8.26. The summed E-state index contributed by atoms with van der Waals surface area (Å²) in [4.78, 5) is 14.4. The predicted molar refractivity (Wildman–Crippen MR) is 95.1 cm³/mol. The minimum atomic E-state index is -3.59. The monoisotopic (exact) mass is 364 g/mol. The van der Waals surface area contributed by atoms with Gasteiger partial charge in [0.1, 0.15) is 0 Å². The lowest BCUT2D eigenvalue weighted by atomic mass is 10.2. The van der Waals surface area contributed by atoms with Crippen molar-refractivity contribution in [2.24, 2.45) is 7.05 Å². The van der Waals surface area contributed by atoms with Gasteiger partial charge < -0.3 is 4.90 Å². The summed E-state index contributed by atoms with van der Waals surface area (Å²) in [6, 6.07) is 8.13. The quantitative estimate of drug-likeness (QED) is 0.770. The van der Waals surface area contributed by atoms with Crippen LogP contribution >= 0.6 is 0 Å². The molecule has 1 aromatic heterocycles. The van der Waals surface area contributed by atoms with E-state index in [4.69, 9.17) is 0 Å². The van der Waals surface area contributed by atoms with Gasteiger partial charge in [-0.05, 0) is 26.0 Å². The number of carbonyl (C=O) groups excluding carboxylic acids is 1. The molecule has 0 saturated heterocycles. The number of nitrogens with zero attached hydrogens (tertiary/aromatic N) is 3. The first kappa shape index (κ1) is 19.1. The Labute approximate surface area is 148 Å². The fourth-order valence-electron chi connectivity index (χ4n) is 2.43. The van der Waals surface area contributed by atoms with Crippen LogP contribution in [-0.4, -0.2) is 41.6 Å². The molecule has 1 aromatic carbocycles. The lowest BCUT2D eigenvalue weighted by Crippen LogP contribution is -2.38. The van der Waals surface area contributed by atoms with Crippen molar-refractivity contribution in [3.8, 4) is 0 Å². The maximum absolute atomic E-state index is 12.5. The largest absolute Gasteiger partial charge is 0.336 e. The summed E-state index contributed by atoms with van der Waals surface area (Å²) in [5.41, 5.74) is 0.939. The number of nitrogens with one attached hydrogen (secondary N) is 1. The molecule has 0 radical (unpaired) electrons. The van der Waals surface area contributed by atoms with E-state index in [0.717, 1.165) is 5.56 Å². The molecule has 1 N–H and O–H groups in total. The molecule has 25 heavy (non-hydrogen) atoms. The van der Waals surface area contributed by atoms with Crippen molar-refractivity contribution in [2.75, 3.05) is 6.54 Å². The molecule has 1 heterocycles. The van der Waals surface area contributed by atoms with E-state index in [2.05, 4.69) is 9.82 Å². The molecule has 0 spiro atoms. The standard InChI is InChI=1S/C17H24N4O3S/c1-14(2)21(13-15-11-18-20(3)12-15)17(22)9-10-19-25(23,24)16-7-5-4-6-8-16/h4-8,11-12,14,19H,9-10,13H2,1-3H3. The summed E-state index contributed by atoms with van der Waals surface area (Å²) < 4.78 is 28.5. The molecule has 1 amide bonds. The van der Waals surface area contributed by atoms with Gasteiger partial charge in [-0.25, -0.2) is 13.1 Å². The molecule has 7 nitrogen and oxygen atoms in total. The van der Waals surface area contributed by atoms with Gasteiger partial charge in [-0.3, -0.25) is 9.48 Å². The molecular formula is C17H24N4O3S. The van der Waals surface area contributed by atoms with Crippen molar-refractivity contribution in [2.45, 2.75) is 37.8 Å². The van der Waals surface area contributed by atoms with E-state index < -0.39 is 10.0 Å². The number of amides is 1.